The molecule has 6 rings (SSSR count). The summed E-state index contributed by atoms with van der Waals surface area (Å²) in [5.41, 5.74) is 7.02. The minimum atomic E-state index is -1.52. The Morgan fingerprint density at radius 2 is 1.09 bits per heavy atom. The average molecular weight is 677 g/mol. The van der Waals surface area contributed by atoms with E-state index in [1.807, 2.05) is 32.0 Å². The van der Waals surface area contributed by atoms with Crippen molar-refractivity contribution in [2.45, 2.75) is 53.6 Å². The molecule has 0 saturated carbocycles. The summed E-state index contributed by atoms with van der Waals surface area (Å²) in [6.45, 7) is 12.2. The van der Waals surface area contributed by atoms with E-state index >= 15 is 0 Å². The van der Waals surface area contributed by atoms with Crippen molar-refractivity contribution >= 4 is 62.0 Å². The summed E-state index contributed by atoms with van der Waals surface area (Å²) < 4.78 is 1.03. The Labute approximate surface area is 278 Å². The fourth-order valence-corrected chi connectivity index (χ4v) is 5.68. The van der Waals surface area contributed by atoms with Gasteiger partial charge < -0.3 is 20.7 Å². The summed E-state index contributed by atoms with van der Waals surface area (Å²) in [5.74, 6) is 3.00. The molecule has 0 aliphatic heterocycles. The van der Waals surface area contributed by atoms with Crippen LogP contribution in [0.1, 0.15) is 59.8 Å². The van der Waals surface area contributed by atoms with Gasteiger partial charge >= 0.3 is 7.12 Å². The second-order valence-corrected chi connectivity index (χ2v) is 12.5. The SMILES string of the molecule is Cc1cccc([C@@H](C)Nc2nc(C)nc3ccc(B(O)O)cc23)c1.Cc1cccc([C@@H](C)Nc2nc(C)nc3ccc(Br)cc23)c1. The number of hydrogen-bond donors (Lipinski definition) is 4. The van der Waals surface area contributed by atoms with Crippen LogP contribution in [0.25, 0.3) is 21.8 Å². The Balaban J connectivity index is 0.000000182. The van der Waals surface area contributed by atoms with E-state index in [9.17, 15) is 10.0 Å². The molecule has 0 unspecified atom stereocenters. The molecule has 2 aromatic heterocycles. The van der Waals surface area contributed by atoms with E-state index in [2.05, 4.69) is 123 Å². The highest BCUT2D eigenvalue weighted by molar-refractivity contribution is 9.10. The van der Waals surface area contributed by atoms with E-state index in [1.54, 1.807) is 18.2 Å². The van der Waals surface area contributed by atoms with Crippen LogP contribution >= 0.6 is 15.9 Å². The summed E-state index contributed by atoms with van der Waals surface area (Å²) in [6.07, 6.45) is 0. The zero-order valence-electron chi connectivity index (χ0n) is 26.9. The molecule has 2 atom stereocenters. The largest absolute Gasteiger partial charge is 0.488 e. The third-order valence-corrected chi connectivity index (χ3v) is 8.18. The number of rotatable bonds is 7. The Kier molecular flexibility index (Phi) is 10.3. The number of hydrogen-bond acceptors (Lipinski definition) is 8. The highest BCUT2D eigenvalue weighted by Crippen LogP contribution is 2.28. The molecular formula is C36H38BBrN6O2. The molecule has 2 heterocycles. The normalized spacial score (nSPS) is 12.3. The van der Waals surface area contributed by atoms with Crippen molar-refractivity contribution in [2.75, 3.05) is 10.6 Å². The highest BCUT2D eigenvalue weighted by Gasteiger charge is 2.16. The molecule has 4 aromatic carbocycles. The Bertz CT molecular complexity index is 2000. The van der Waals surface area contributed by atoms with E-state index in [1.165, 1.54) is 16.7 Å². The van der Waals surface area contributed by atoms with Crippen LogP contribution in [0, 0.1) is 27.7 Å². The maximum absolute atomic E-state index is 9.41. The zero-order valence-corrected chi connectivity index (χ0v) is 28.5. The maximum Gasteiger partial charge on any atom is 0.488 e. The summed E-state index contributed by atoms with van der Waals surface area (Å²) >= 11 is 3.52. The number of anilines is 2. The molecule has 0 aliphatic carbocycles. The van der Waals surface area contributed by atoms with Gasteiger partial charge in [0.05, 0.1) is 11.0 Å². The minimum Gasteiger partial charge on any atom is -0.423 e. The van der Waals surface area contributed by atoms with Crippen LogP contribution in [0.5, 0.6) is 0 Å². The van der Waals surface area contributed by atoms with Crippen LogP contribution in [-0.4, -0.2) is 37.1 Å². The van der Waals surface area contributed by atoms with Crippen molar-refractivity contribution in [3.8, 4) is 0 Å². The zero-order chi connectivity index (χ0) is 33.0. The molecule has 8 nitrogen and oxygen atoms in total. The number of benzene rings is 4. The molecule has 6 aromatic rings. The van der Waals surface area contributed by atoms with Crippen LogP contribution in [0.15, 0.2) is 89.4 Å². The van der Waals surface area contributed by atoms with Gasteiger partial charge in [-0.25, -0.2) is 19.9 Å². The molecule has 4 N–H and O–H groups in total. The van der Waals surface area contributed by atoms with E-state index in [0.717, 1.165) is 43.5 Å². The fourth-order valence-electron chi connectivity index (χ4n) is 5.32. The van der Waals surface area contributed by atoms with Gasteiger partial charge in [-0.1, -0.05) is 81.7 Å². The van der Waals surface area contributed by atoms with Gasteiger partial charge in [0, 0.05) is 27.3 Å². The molecule has 0 saturated heterocycles. The number of nitrogens with one attached hydrogen (secondary N) is 2. The molecule has 0 spiro atoms. The van der Waals surface area contributed by atoms with Crippen molar-refractivity contribution in [2.24, 2.45) is 0 Å². The molecule has 46 heavy (non-hydrogen) atoms. The van der Waals surface area contributed by atoms with Gasteiger partial charge in [-0.15, -0.1) is 0 Å². The van der Waals surface area contributed by atoms with Crippen LogP contribution < -0.4 is 16.1 Å². The molecule has 10 heteroatoms. The standard InChI is InChI=1S/C18H20BN3O2.C18H18BrN3/c1-11-5-4-6-14(9-11)12(2)20-18-16-10-15(19(23)24)7-8-17(16)21-13(3)22-18;1-11-5-4-6-14(9-11)12(2)20-18-16-10-15(19)7-8-17(16)21-13(3)22-18/h4-10,12,23-24H,1-3H3,(H,20,21,22);4-10,12H,1-3H3,(H,20,21,22)/t2*12-/m11/s1. The predicted molar refractivity (Wildman–Crippen MR) is 193 cm³/mol. The number of nitrogens with zero attached hydrogens (tertiary/aromatic N) is 4. The average Bonchev–Trinajstić information content (AvgIpc) is 3.01. The third kappa shape index (κ3) is 8.06. The number of fused-ring (bicyclic) bond motifs is 2. The maximum atomic E-state index is 9.41. The highest BCUT2D eigenvalue weighted by atomic mass is 79.9. The molecule has 0 radical (unpaired) electrons. The van der Waals surface area contributed by atoms with Crippen LogP contribution in [0.4, 0.5) is 11.6 Å². The predicted octanol–water partition coefficient (Wildman–Crippen LogP) is 7.28. The Morgan fingerprint density at radius 3 is 1.57 bits per heavy atom. The van der Waals surface area contributed by atoms with Gasteiger partial charge in [-0.05, 0) is 88.5 Å². The first-order chi connectivity index (χ1) is 22.0. The lowest BCUT2D eigenvalue weighted by Gasteiger charge is -2.17. The lowest BCUT2D eigenvalue weighted by molar-refractivity contribution is 0.426. The van der Waals surface area contributed by atoms with Gasteiger partial charge in [0.1, 0.15) is 23.3 Å². The molecule has 0 fully saturated rings. The first-order valence-electron chi connectivity index (χ1n) is 15.2. The number of aryl methyl sites for hydroxylation is 4. The molecule has 0 bridgehead atoms. The van der Waals surface area contributed by atoms with Crippen molar-refractivity contribution in [3.05, 3.63) is 123 Å². The molecule has 0 amide bonds. The van der Waals surface area contributed by atoms with Gasteiger partial charge in [-0.2, -0.15) is 0 Å². The van der Waals surface area contributed by atoms with Crippen molar-refractivity contribution in [1.29, 1.82) is 0 Å². The van der Waals surface area contributed by atoms with Crippen LogP contribution in [-0.2, 0) is 0 Å². The second-order valence-electron chi connectivity index (χ2n) is 11.6. The smallest absolute Gasteiger partial charge is 0.423 e. The van der Waals surface area contributed by atoms with E-state index in [0.29, 0.717) is 17.1 Å². The van der Waals surface area contributed by atoms with Crippen molar-refractivity contribution in [3.63, 3.8) is 0 Å². The lowest BCUT2D eigenvalue weighted by Crippen LogP contribution is -2.29. The quantitative estimate of drug-likeness (QED) is 0.130. The Morgan fingerprint density at radius 1 is 0.609 bits per heavy atom. The summed E-state index contributed by atoms with van der Waals surface area (Å²) in [5, 5.41) is 27.6. The van der Waals surface area contributed by atoms with E-state index in [4.69, 9.17) is 0 Å². The topological polar surface area (TPSA) is 116 Å². The monoisotopic (exact) mass is 676 g/mol. The summed E-state index contributed by atoms with van der Waals surface area (Å²) in [4.78, 5) is 18.0. The van der Waals surface area contributed by atoms with Crippen molar-refractivity contribution in [1.82, 2.24) is 19.9 Å². The molecule has 234 valence electrons. The first kappa shape index (κ1) is 33.0. The van der Waals surface area contributed by atoms with Crippen LogP contribution in [0.2, 0.25) is 0 Å². The number of halogens is 1. The minimum absolute atomic E-state index is 0.0603. The van der Waals surface area contributed by atoms with Crippen molar-refractivity contribution < 1.29 is 10.0 Å². The lowest BCUT2D eigenvalue weighted by atomic mass is 9.80. The van der Waals surface area contributed by atoms with Gasteiger partial charge in [0.2, 0.25) is 0 Å². The van der Waals surface area contributed by atoms with Gasteiger partial charge in [-0.3, -0.25) is 0 Å². The van der Waals surface area contributed by atoms with E-state index in [-0.39, 0.29) is 12.1 Å². The number of aromatic nitrogens is 4. The fraction of sp³-hybridized carbons (Fsp3) is 0.222. The molecule has 0 aliphatic rings. The van der Waals surface area contributed by atoms with Crippen LogP contribution in [0.3, 0.4) is 0 Å². The summed E-state index contributed by atoms with van der Waals surface area (Å²) in [7, 11) is -1.52. The molecular weight excluding hydrogens is 639 g/mol. The third-order valence-electron chi connectivity index (χ3n) is 7.69. The van der Waals surface area contributed by atoms with Gasteiger partial charge in [0.25, 0.3) is 0 Å². The van der Waals surface area contributed by atoms with E-state index < -0.39 is 7.12 Å². The second kappa shape index (κ2) is 14.4. The Hall–Kier alpha value is -4.38. The summed E-state index contributed by atoms with van der Waals surface area (Å²) in [6, 6.07) is 28.3. The first-order valence-corrected chi connectivity index (χ1v) is 16.0. The van der Waals surface area contributed by atoms with Gasteiger partial charge in [0.15, 0.2) is 0 Å².